The van der Waals surface area contributed by atoms with Crippen molar-refractivity contribution in [3.8, 4) is 0 Å². The van der Waals surface area contributed by atoms with Crippen LogP contribution in [-0.2, 0) is 19.2 Å². The van der Waals surface area contributed by atoms with Gasteiger partial charge in [0.15, 0.2) is 17.9 Å². The highest BCUT2D eigenvalue weighted by Gasteiger charge is 2.55. The number of rotatable bonds is 11. The zero-order valence-corrected chi connectivity index (χ0v) is 22.0. The first-order valence-corrected chi connectivity index (χ1v) is 13.9. The van der Waals surface area contributed by atoms with Crippen molar-refractivity contribution in [2.24, 2.45) is 17.3 Å². The number of hydroxylamine groups is 2. The van der Waals surface area contributed by atoms with Crippen LogP contribution in [0.4, 0.5) is 16.0 Å². The minimum absolute atomic E-state index is 0.0671. The van der Waals surface area contributed by atoms with E-state index in [4.69, 9.17) is 9.57 Å². The van der Waals surface area contributed by atoms with Crippen LogP contribution in [0.2, 0.25) is 0 Å². The maximum Gasteiger partial charge on any atom is 0.243 e. The predicted octanol–water partition coefficient (Wildman–Crippen LogP) is 2.44. The van der Waals surface area contributed by atoms with E-state index < -0.39 is 24.1 Å². The summed E-state index contributed by atoms with van der Waals surface area (Å²) < 4.78 is 21.0. The molecule has 2 saturated carbocycles. The van der Waals surface area contributed by atoms with Gasteiger partial charge in [-0.05, 0) is 44.9 Å². The molecule has 2 saturated heterocycles. The molecule has 38 heavy (non-hydrogen) atoms. The average Bonchev–Trinajstić information content (AvgIpc) is 3.37. The third kappa shape index (κ3) is 6.18. The van der Waals surface area contributed by atoms with Crippen LogP contribution in [0.25, 0.3) is 0 Å². The third-order valence-corrected chi connectivity index (χ3v) is 8.42. The number of anilines is 2. The second kappa shape index (κ2) is 11.7. The molecule has 0 aromatic carbocycles. The SMILES string of the molecule is Cc1nc(NNC(=O)[C@@H](CC2CCCC2)CN(C=O)OC2CCCCO2)c(F)c(N2C[C@@H](O)C3(CC3)C2)n1. The molecule has 210 valence electrons. The molecule has 1 unspecified atom stereocenters. The summed E-state index contributed by atoms with van der Waals surface area (Å²) in [6, 6.07) is 0. The summed E-state index contributed by atoms with van der Waals surface area (Å²) >= 11 is 0. The summed E-state index contributed by atoms with van der Waals surface area (Å²) in [4.78, 5) is 41.0. The average molecular weight is 535 g/mol. The molecule has 2 aliphatic heterocycles. The normalized spacial score (nSPS) is 25.4. The second-order valence-electron chi connectivity index (χ2n) is 11.3. The van der Waals surface area contributed by atoms with E-state index in [1.165, 1.54) is 0 Å². The fraction of sp³-hybridized carbons (Fsp3) is 0.769. The van der Waals surface area contributed by atoms with E-state index in [0.29, 0.717) is 50.7 Å². The van der Waals surface area contributed by atoms with Crippen molar-refractivity contribution in [3.63, 3.8) is 0 Å². The van der Waals surface area contributed by atoms with Crippen LogP contribution in [-0.4, -0.2) is 71.1 Å². The van der Waals surface area contributed by atoms with E-state index >= 15 is 4.39 Å². The van der Waals surface area contributed by atoms with E-state index in [1.807, 2.05) is 0 Å². The molecule has 1 spiro atoms. The number of hydrazine groups is 1. The van der Waals surface area contributed by atoms with E-state index in [1.54, 1.807) is 11.8 Å². The van der Waals surface area contributed by atoms with Gasteiger partial charge in [0.25, 0.3) is 0 Å². The Morgan fingerprint density at radius 3 is 2.71 bits per heavy atom. The van der Waals surface area contributed by atoms with Crippen LogP contribution in [0, 0.1) is 30.0 Å². The molecular formula is C26H39FN6O5. The molecule has 5 rings (SSSR count). The zero-order valence-electron chi connectivity index (χ0n) is 22.0. The summed E-state index contributed by atoms with van der Waals surface area (Å²) in [5.74, 6) is -0.902. The Bertz CT molecular complexity index is 999. The Balaban J connectivity index is 1.24. The van der Waals surface area contributed by atoms with Gasteiger partial charge in [-0.25, -0.2) is 19.9 Å². The minimum Gasteiger partial charge on any atom is -0.391 e. The number of β-amino-alcohol motifs (C(OH)–C–C–N with tert-alkyl or cyclic N) is 1. The number of aliphatic hydroxyl groups excluding tert-OH is 1. The molecule has 2 aliphatic carbocycles. The highest BCUT2D eigenvalue weighted by Crippen LogP contribution is 2.53. The van der Waals surface area contributed by atoms with E-state index in [2.05, 4.69) is 20.8 Å². The van der Waals surface area contributed by atoms with Gasteiger partial charge in [-0.3, -0.25) is 20.4 Å². The summed E-state index contributed by atoms with van der Waals surface area (Å²) in [5, 5.41) is 11.6. The summed E-state index contributed by atoms with van der Waals surface area (Å²) in [5.41, 5.74) is 5.11. The first kappa shape index (κ1) is 27.0. The molecule has 4 aliphatic rings. The Kier molecular flexibility index (Phi) is 8.29. The first-order valence-electron chi connectivity index (χ1n) is 13.9. The molecule has 0 bridgehead atoms. The molecule has 3 atom stereocenters. The molecule has 1 aromatic rings. The van der Waals surface area contributed by atoms with Gasteiger partial charge in [-0.2, -0.15) is 4.39 Å². The van der Waals surface area contributed by atoms with Crippen molar-refractivity contribution < 1.29 is 28.7 Å². The predicted molar refractivity (Wildman–Crippen MR) is 136 cm³/mol. The summed E-state index contributed by atoms with van der Waals surface area (Å²) in [6.45, 7) is 3.16. The largest absolute Gasteiger partial charge is 0.391 e. The van der Waals surface area contributed by atoms with Crippen LogP contribution in [0.3, 0.4) is 0 Å². The first-order chi connectivity index (χ1) is 18.4. The third-order valence-electron chi connectivity index (χ3n) is 8.42. The van der Waals surface area contributed by atoms with Crippen molar-refractivity contribution in [3.05, 3.63) is 11.6 Å². The maximum atomic E-state index is 15.5. The lowest BCUT2D eigenvalue weighted by molar-refractivity contribution is -0.276. The number of halogens is 1. The lowest BCUT2D eigenvalue weighted by Crippen LogP contribution is -2.43. The van der Waals surface area contributed by atoms with Crippen molar-refractivity contribution in [2.45, 2.75) is 83.5 Å². The lowest BCUT2D eigenvalue weighted by atomic mass is 9.92. The van der Waals surface area contributed by atoms with Gasteiger partial charge < -0.3 is 14.7 Å². The number of hydrogen-bond acceptors (Lipinski definition) is 9. The van der Waals surface area contributed by atoms with Crippen LogP contribution in [0.1, 0.15) is 70.0 Å². The smallest absolute Gasteiger partial charge is 0.243 e. The molecule has 11 nitrogen and oxygen atoms in total. The Morgan fingerprint density at radius 1 is 1.29 bits per heavy atom. The molecule has 4 fully saturated rings. The number of amides is 2. The van der Waals surface area contributed by atoms with Gasteiger partial charge in [0.1, 0.15) is 5.82 Å². The lowest BCUT2D eigenvalue weighted by Gasteiger charge is -2.30. The van der Waals surface area contributed by atoms with Gasteiger partial charge in [-0.1, -0.05) is 25.7 Å². The molecule has 12 heteroatoms. The molecule has 0 radical (unpaired) electrons. The number of nitrogens with zero attached hydrogens (tertiary/aromatic N) is 4. The fourth-order valence-corrected chi connectivity index (χ4v) is 6.01. The van der Waals surface area contributed by atoms with E-state index in [0.717, 1.165) is 56.4 Å². The van der Waals surface area contributed by atoms with Gasteiger partial charge in [0, 0.05) is 31.5 Å². The number of carbonyl (C=O) groups excluding carboxylic acids is 2. The van der Waals surface area contributed by atoms with E-state index in [9.17, 15) is 14.7 Å². The standard InChI is InChI=1S/C26H39FN6O5/c1-17-28-23(22(27)24(29-17)32-14-20(35)26(15-32)9-10-26)30-31-25(36)19(12-18-6-2-3-7-18)13-33(16-34)38-21-8-4-5-11-37-21/h16,18-21,35H,2-15H2,1H3,(H,31,36)(H,28,29,30)/t19-,20+,21?/m0/s1. The highest BCUT2D eigenvalue weighted by atomic mass is 19.1. The van der Waals surface area contributed by atoms with Crippen molar-refractivity contribution in [2.75, 3.05) is 36.6 Å². The summed E-state index contributed by atoms with van der Waals surface area (Å²) in [6.07, 6.45) is 8.95. The Hall–Kier alpha value is -2.57. The number of hydrogen-bond donors (Lipinski definition) is 3. The molecule has 3 heterocycles. The highest BCUT2D eigenvalue weighted by molar-refractivity contribution is 5.80. The number of ether oxygens (including phenoxy) is 1. The number of nitrogens with one attached hydrogen (secondary N) is 2. The van der Waals surface area contributed by atoms with Gasteiger partial charge in [0.2, 0.25) is 18.1 Å². The number of aromatic nitrogens is 2. The summed E-state index contributed by atoms with van der Waals surface area (Å²) in [7, 11) is 0. The van der Waals surface area contributed by atoms with Crippen LogP contribution < -0.4 is 15.8 Å². The zero-order chi connectivity index (χ0) is 26.7. The topological polar surface area (TPSA) is 129 Å². The van der Waals surface area contributed by atoms with Crippen molar-refractivity contribution >= 4 is 24.0 Å². The van der Waals surface area contributed by atoms with Gasteiger partial charge in [-0.15, -0.1) is 0 Å². The monoisotopic (exact) mass is 534 g/mol. The van der Waals surface area contributed by atoms with Crippen LogP contribution >= 0.6 is 0 Å². The quantitative estimate of drug-likeness (QED) is 0.290. The van der Waals surface area contributed by atoms with E-state index in [-0.39, 0.29) is 29.5 Å². The minimum atomic E-state index is -0.680. The molecular weight excluding hydrogens is 495 g/mol. The second-order valence-corrected chi connectivity index (χ2v) is 11.3. The molecule has 3 N–H and O–H groups in total. The molecule has 1 aromatic heterocycles. The number of carbonyl (C=O) groups is 2. The van der Waals surface area contributed by atoms with Crippen molar-refractivity contribution in [1.82, 2.24) is 20.5 Å². The number of aryl methyl sites for hydroxylation is 1. The Labute approximate surface area is 222 Å². The van der Waals surface area contributed by atoms with Crippen molar-refractivity contribution in [1.29, 1.82) is 0 Å². The number of aliphatic hydroxyl groups is 1. The van der Waals surface area contributed by atoms with Gasteiger partial charge >= 0.3 is 0 Å². The molecule has 2 amide bonds. The fourth-order valence-electron chi connectivity index (χ4n) is 6.01. The van der Waals surface area contributed by atoms with Crippen LogP contribution in [0.5, 0.6) is 0 Å². The maximum absolute atomic E-state index is 15.5. The van der Waals surface area contributed by atoms with Crippen LogP contribution in [0.15, 0.2) is 0 Å². The Morgan fingerprint density at radius 2 is 2.05 bits per heavy atom. The van der Waals surface area contributed by atoms with Gasteiger partial charge in [0.05, 0.1) is 18.6 Å².